The molecular formula is C17H13N3O2S. The highest BCUT2D eigenvalue weighted by Gasteiger charge is 2.34. The summed E-state index contributed by atoms with van der Waals surface area (Å²) in [5.41, 5.74) is 1.53. The van der Waals surface area contributed by atoms with Gasteiger partial charge in [-0.25, -0.2) is 4.98 Å². The van der Waals surface area contributed by atoms with E-state index in [-0.39, 0.29) is 11.8 Å². The van der Waals surface area contributed by atoms with E-state index in [0.29, 0.717) is 29.7 Å². The van der Waals surface area contributed by atoms with Crippen LogP contribution in [-0.4, -0.2) is 34.0 Å². The van der Waals surface area contributed by atoms with Crippen LogP contribution in [0, 0.1) is 11.3 Å². The van der Waals surface area contributed by atoms with Crippen molar-refractivity contribution in [1.29, 1.82) is 5.26 Å². The van der Waals surface area contributed by atoms with Gasteiger partial charge in [-0.15, -0.1) is 11.8 Å². The molecule has 0 aliphatic carbocycles. The van der Waals surface area contributed by atoms with Crippen molar-refractivity contribution in [2.75, 3.05) is 12.3 Å². The third-order valence-electron chi connectivity index (χ3n) is 3.52. The van der Waals surface area contributed by atoms with E-state index in [9.17, 15) is 9.59 Å². The van der Waals surface area contributed by atoms with Crippen LogP contribution in [0.5, 0.6) is 0 Å². The lowest BCUT2D eigenvalue weighted by molar-refractivity contribution is 0.0655. The standard InChI is InChI=1S/C17H13N3O2S/c18-11-12-6-7-19-15(10-12)23-9-3-8-20-16(21)13-4-1-2-5-14(13)17(20)22/h1-2,4-7,10H,3,8-9H2. The van der Waals surface area contributed by atoms with Crippen LogP contribution >= 0.6 is 11.8 Å². The lowest BCUT2D eigenvalue weighted by atomic mass is 10.1. The van der Waals surface area contributed by atoms with Gasteiger partial charge in [-0.1, -0.05) is 12.1 Å². The van der Waals surface area contributed by atoms with Gasteiger partial charge in [0.25, 0.3) is 11.8 Å². The molecule has 0 bridgehead atoms. The summed E-state index contributed by atoms with van der Waals surface area (Å²) in [5.74, 6) is 0.273. The molecule has 114 valence electrons. The fourth-order valence-electron chi connectivity index (χ4n) is 2.40. The maximum Gasteiger partial charge on any atom is 0.261 e. The highest BCUT2D eigenvalue weighted by atomic mass is 32.2. The summed E-state index contributed by atoms with van der Waals surface area (Å²) in [6.07, 6.45) is 2.28. The van der Waals surface area contributed by atoms with Gasteiger partial charge in [0.05, 0.1) is 27.8 Å². The van der Waals surface area contributed by atoms with Crippen LogP contribution < -0.4 is 0 Å². The van der Waals surface area contributed by atoms with E-state index in [1.54, 1.807) is 42.6 Å². The third-order valence-corrected chi connectivity index (χ3v) is 4.53. The number of carbonyl (C=O) groups is 2. The van der Waals surface area contributed by atoms with Gasteiger partial charge in [0, 0.05) is 18.5 Å². The number of thioether (sulfide) groups is 1. The number of imide groups is 1. The minimum absolute atomic E-state index is 0.222. The molecule has 0 spiro atoms. The molecule has 0 radical (unpaired) electrons. The first kappa shape index (κ1) is 15.3. The van der Waals surface area contributed by atoms with Gasteiger partial charge in [-0.05, 0) is 30.7 Å². The van der Waals surface area contributed by atoms with Crippen molar-refractivity contribution < 1.29 is 9.59 Å². The van der Waals surface area contributed by atoms with E-state index in [2.05, 4.69) is 11.1 Å². The van der Waals surface area contributed by atoms with Crippen molar-refractivity contribution in [1.82, 2.24) is 9.88 Å². The Bertz CT molecular complexity index is 778. The van der Waals surface area contributed by atoms with Gasteiger partial charge in [0.1, 0.15) is 0 Å². The lowest BCUT2D eigenvalue weighted by Gasteiger charge is -2.13. The van der Waals surface area contributed by atoms with Gasteiger partial charge < -0.3 is 0 Å². The van der Waals surface area contributed by atoms with E-state index in [1.807, 2.05) is 0 Å². The van der Waals surface area contributed by atoms with E-state index in [1.165, 1.54) is 16.7 Å². The molecule has 3 rings (SSSR count). The lowest BCUT2D eigenvalue weighted by Crippen LogP contribution is -2.30. The Hall–Kier alpha value is -2.65. The molecule has 1 aliphatic rings. The number of carbonyl (C=O) groups excluding carboxylic acids is 2. The minimum atomic E-state index is -0.222. The third kappa shape index (κ3) is 3.10. The summed E-state index contributed by atoms with van der Waals surface area (Å²) in [6.45, 7) is 0.386. The summed E-state index contributed by atoms with van der Waals surface area (Å²) in [6, 6.07) is 12.3. The Kier molecular flexibility index (Phi) is 4.40. The molecule has 2 aromatic rings. The Morgan fingerprint density at radius 2 is 1.83 bits per heavy atom. The van der Waals surface area contributed by atoms with E-state index >= 15 is 0 Å². The number of nitriles is 1. The second-order valence-electron chi connectivity index (χ2n) is 5.00. The fourth-order valence-corrected chi connectivity index (χ4v) is 3.23. The fraction of sp³-hybridized carbons (Fsp3) is 0.176. The minimum Gasteiger partial charge on any atom is -0.274 e. The first-order valence-corrected chi connectivity index (χ1v) is 8.13. The van der Waals surface area contributed by atoms with Crippen LogP contribution in [0.4, 0.5) is 0 Å². The molecule has 2 heterocycles. The molecule has 0 saturated heterocycles. The van der Waals surface area contributed by atoms with E-state index < -0.39 is 0 Å². The van der Waals surface area contributed by atoms with Crippen molar-refractivity contribution in [2.45, 2.75) is 11.4 Å². The average molecular weight is 323 g/mol. The molecule has 23 heavy (non-hydrogen) atoms. The molecule has 0 N–H and O–H groups in total. The number of fused-ring (bicyclic) bond motifs is 1. The molecule has 0 unspecified atom stereocenters. The summed E-state index contributed by atoms with van der Waals surface area (Å²) >= 11 is 1.51. The normalized spacial score (nSPS) is 13.1. The van der Waals surface area contributed by atoms with Crippen LogP contribution in [0.25, 0.3) is 0 Å². The second kappa shape index (κ2) is 6.63. The summed E-state index contributed by atoms with van der Waals surface area (Å²) in [4.78, 5) is 29.9. The molecule has 6 heteroatoms. The molecular weight excluding hydrogens is 310 g/mol. The number of hydrogen-bond acceptors (Lipinski definition) is 5. The van der Waals surface area contributed by atoms with Crippen molar-refractivity contribution >= 4 is 23.6 Å². The van der Waals surface area contributed by atoms with Crippen LogP contribution in [0.2, 0.25) is 0 Å². The predicted octanol–water partition coefficient (Wildman–Crippen LogP) is 2.73. The quantitative estimate of drug-likeness (QED) is 0.480. The Labute approximate surface area is 137 Å². The monoisotopic (exact) mass is 323 g/mol. The number of amides is 2. The SMILES string of the molecule is N#Cc1ccnc(SCCCN2C(=O)c3ccccc3C2=O)c1. The van der Waals surface area contributed by atoms with Crippen molar-refractivity contribution in [3.63, 3.8) is 0 Å². The molecule has 1 aromatic carbocycles. The summed E-state index contributed by atoms with van der Waals surface area (Å²) in [5, 5.41) is 9.62. The maximum atomic E-state index is 12.2. The molecule has 0 fully saturated rings. The number of rotatable bonds is 5. The zero-order chi connectivity index (χ0) is 16.2. The van der Waals surface area contributed by atoms with Crippen LogP contribution in [0.1, 0.15) is 32.7 Å². The summed E-state index contributed by atoms with van der Waals surface area (Å²) in [7, 11) is 0. The largest absolute Gasteiger partial charge is 0.274 e. The topological polar surface area (TPSA) is 74.1 Å². The predicted molar refractivity (Wildman–Crippen MR) is 86.1 cm³/mol. The van der Waals surface area contributed by atoms with Crippen LogP contribution in [-0.2, 0) is 0 Å². The first-order chi connectivity index (χ1) is 11.2. The van der Waals surface area contributed by atoms with E-state index in [0.717, 1.165) is 10.8 Å². The second-order valence-corrected chi connectivity index (χ2v) is 6.12. The van der Waals surface area contributed by atoms with Crippen molar-refractivity contribution in [2.24, 2.45) is 0 Å². The van der Waals surface area contributed by atoms with Crippen molar-refractivity contribution in [3.8, 4) is 6.07 Å². The molecule has 5 nitrogen and oxygen atoms in total. The van der Waals surface area contributed by atoms with Gasteiger partial charge in [-0.2, -0.15) is 5.26 Å². The van der Waals surface area contributed by atoms with Crippen LogP contribution in [0.15, 0.2) is 47.6 Å². The number of nitrogens with zero attached hydrogens (tertiary/aromatic N) is 3. The zero-order valence-electron chi connectivity index (χ0n) is 12.2. The number of aromatic nitrogens is 1. The van der Waals surface area contributed by atoms with Gasteiger partial charge >= 0.3 is 0 Å². The molecule has 2 amide bonds. The molecule has 0 atom stereocenters. The van der Waals surface area contributed by atoms with Gasteiger partial charge in [0.15, 0.2) is 0 Å². The number of hydrogen-bond donors (Lipinski definition) is 0. The van der Waals surface area contributed by atoms with Gasteiger partial charge in [-0.3, -0.25) is 14.5 Å². The molecule has 0 saturated carbocycles. The number of pyridine rings is 1. The highest BCUT2D eigenvalue weighted by Crippen LogP contribution is 2.23. The average Bonchev–Trinajstić information content (AvgIpc) is 2.84. The Morgan fingerprint density at radius 1 is 1.13 bits per heavy atom. The Balaban J connectivity index is 1.55. The molecule has 1 aliphatic heterocycles. The Morgan fingerprint density at radius 3 is 2.48 bits per heavy atom. The van der Waals surface area contributed by atoms with Crippen LogP contribution in [0.3, 0.4) is 0 Å². The summed E-state index contributed by atoms with van der Waals surface area (Å²) < 4.78 is 0. The first-order valence-electron chi connectivity index (χ1n) is 7.15. The van der Waals surface area contributed by atoms with E-state index in [4.69, 9.17) is 5.26 Å². The molecule has 1 aromatic heterocycles. The zero-order valence-corrected chi connectivity index (χ0v) is 13.0. The highest BCUT2D eigenvalue weighted by molar-refractivity contribution is 7.99. The van der Waals surface area contributed by atoms with Crippen molar-refractivity contribution in [3.05, 3.63) is 59.3 Å². The smallest absolute Gasteiger partial charge is 0.261 e. The number of benzene rings is 1. The maximum absolute atomic E-state index is 12.2. The van der Waals surface area contributed by atoms with Gasteiger partial charge in [0.2, 0.25) is 0 Å².